The van der Waals surface area contributed by atoms with Gasteiger partial charge >= 0.3 is 0 Å². The first-order chi connectivity index (χ1) is 15.3. The van der Waals surface area contributed by atoms with Crippen LogP contribution in [0.1, 0.15) is 11.1 Å². The maximum Gasteiger partial charge on any atom is 0.271 e. The van der Waals surface area contributed by atoms with Crippen molar-refractivity contribution in [3.63, 3.8) is 0 Å². The molecule has 160 valence electrons. The van der Waals surface area contributed by atoms with Crippen LogP contribution in [0.4, 0.5) is 5.69 Å². The van der Waals surface area contributed by atoms with E-state index >= 15 is 0 Å². The van der Waals surface area contributed by atoms with E-state index in [0.717, 1.165) is 15.8 Å². The Morgan fingerprint density at radius 3 is 1.94 bits per heavy atom. The van der Waals surface area contributed by atoms with Gasteiger partial charge in [-0.3, -0.25) is 25.0 Å². The number of nitro benzene ring substituents is 1. The zero-order valence-electron chi connectivity index (χ0n) is 17.5. The van der Waals surface area contributed by atoms with Gasteiger partial charge < -0.3 is 9.13 Å². The lowest BCUT2D eigenvalue weighted by atomic mass is 9.95. The summed E-state index contributed by atoms with van der Waals surface area (Å²) in [6.07, 6.45) is 5.59. The van der Waals surface area contributed by atoms with Crippen molar-refractivity contribution in [2.45, 2.75) is 4.90 Å². The van der Waals surface area contributed by atoms with E-state index < -0.39 is 16.7 Å². The van der Waals surface area contributed by atoms with Crippen molar-refractivity contribution >= 4 is 62.2 Å². The van der Waals surface area contributed by atoms with Gasteiger partial charge in [0.05, 0.1) is 21.6 Å². The van der Waals surface area contributed by atoms with E-state index in [4.69, 9.17) is 0 Å². The molecule has 2 aromatic carbocycles. The third-order valence-electron chi connectivity index (χ3n) is 5.85. The number of aromatic nitrogens is 2. The summed E-state index contributed by atoms with van der Waals surface area (Å²) in [6, 6.07) is 10.5. The van der Waals surface area contributed by atoms with Crippen LogP contribution in [0, 0.1) is 10.1 Å². The molecule has 0 spiro atoms. The highest BCUT2D eigenvalue weighted by Gasteiger charge is 2.35. The minimum absolute atomic E-state index is 0.0370. The minimum atomic E-state index is -0.478. The maximum atomic E-state index is 12.9. The quantitative estimate of drug-likeness (QED) is 0.222. The number of imide groups is 1. The smallest absolute Gasteiger partial charge is 0.271 e. The van der Waals surface area contributed by atoms with Crippen molar-refractivity contribution in [3.8, 4) is 0 Å². The molecule has 3 heterocycles. The number of carbonyl (C=O) groups excluding carboxylic acids is 2. The van der Waals surface area contributed by atoms with E-state index in [2.05, 4.69) is 11.4 Å². The van der Waals surface area contributed by atoms with E-state index in [1.54, 1.807) is 35.6 Å². The summed E-state index contributed by atoms with van der Waals surface area (Å²) in [5.41, 5.74) is 3.35. The standard InChI is InChI=1S/C23H18N4O4S/c1-25-10-16(14-6-4-12(27(30)31)8-18(14)25)20-21(23(29)24-22(20)28)17-11-26(2)19-9-13(32-3)5-7-15(17)19/h4-11H,1-3H3,(H,24,28,29). The second kappa shape index (κ2) is 7.10. The number of rotatable bonds is 4. The summed E-state index contributed by atoms with van der Waals surface area (Å²) in [4.78, 5) is 37.7. The number of thioether (sulfide) groups is 1. The van der Waals surface area contributed by atoms with Crippen LogP contribution in [0.25, 0.3) is 33.0 Å². The van der Waals surface area contributed by atoms with Crippen molar-refractivity contribution in [1.29, 1.82) is 0 Å². The Morgan fingerprint density at radius 1 is 0.875 bits per heavy atom. The maximum absolute atomic E-state index is 12.9. The minimum Gasteiger partial charge on any atom is -0.350 e. The summed E-state index contributed by atoms with van der Waals surface area (Å²) in [6.45, 7) is 0. The second-order valence-corrected chi connectivity index (χ2v) is 8.56. The first-order valence-corrected chi connectivity index (χ1v) is 11.0. The molecule has 0 bridgehead atoms. The summed E-state index contributed by atoms with van der Waals surface area (Å²) in [7, 11) is 3.66. The Balaban J connectivity index is 1.81. The van der Waals surface area contributed by atoms with E-state index in [1.165, 1.54) is 12.1 Å². The molecule has 9 heteroatoms. The monoisotopic (exact) mass is 446 g/mol. The molecule has 0 unspecified atom stereocenters. The summed E-state index contributed by atoms with van der Waals surface area (Å²) in [5.74, 6) is -0.932. The number of hydrogen-bond donors (Lipinski definition) is 1. The number of nitrogens with zero attached hydrogens (tertiary/aromatic N) is 3. The van der Waals surface area contributed by atoms with Crippen LogP contribution in [0.15, 0.2) is 53.7 Å². The number of carbonyl (C=O) groups is 2. The van der Waals surface area contributed by atoms with Gasteiger partial charge in [0.25, 0.3) is 17.5 Å². The average molecular weight is 446 g/mol. The van der Waals surface area contributed by atoms with Crippen LogP contribution in [0.3, 0.4) is 0 Å². The first kappa shape index (κ1) is 20.1. The lowest BCUT2D eigenvalue weighted by molar-refractivity contribution is -0.384. The number of fused-ring (bicyclic) bond motifs is 2. The van der Waals surface area contributed by atoms with Gasteiger partial charge in [-0.15, -0.1) is 11.8 Å². The molecule has 0 atom stereocenters. The number of amides is 2. The largest absolute Gasteiger partial charge is 0.350 e. The molecule has 0 radical (unpaired) electrons. The Labute approximate surface area is 186 Å². The predicted octanol–water partition coefficient (Wildman–Crippen LogP) is 3.87. The Bertz CT molecular complexity index is 1530. The molecule has 1 N–H and O–H groups in total. The Hall–Kier alpha value is -3.85. The molecule has 0 aliphatic carbocycles. The predicted molar refractivity (Wildman–Crippen MR) is 124 cm³/mol. The van der Waals surface area contributed by atoms with Gasteiger partial charge in [-0.05, 0) is 24.5 Å². The molecule has 5 rings (SSSR count). The van der Waals surface area contributed by atoms with Crippen LogP contribution in [0.5, 0.6) is 0 Å². The number of non-ortho nitro benzene ring substituents is 1. The van der Waals surface area contributed by atoms with Crippen LogP contribution < -0.4 is 5.32 Å². The number of hydrogen-bond acceptors (Lipinski definition) is 5. The second-order valence-electron chi connectivity index (χ2n) is 7.68. The normalized spacial score (nSPS) is 14.1. The molecule has 8 nitrogen and oxygen atoms in total. The van der Waals surface area contributed by atoms with Crippen LogP contribution in [0.2, 0.25) is 0 Å². The number of nitrogens with one attached hydrogen (secondary N) is 1. The molecule has 0 saturated carbocycles. The molecule has 2 amide bonds. The summed E-state index contributed by atoms with van der Waals surface area (Å²) in [5, 5.41) is 15.2. The molecular formula is C23H18N4O4S. The lowest BCUT2D eigenvalue weighted by Gasteiger charge is -2.03. The Morgan fingerprint density at radius 2 is 1.41 bits per heavy atom. The zero-order chi connectivity index (χ0) is 22.7. The fourth-order valence-electron chi connectivity index (χ4n) is 4.34. The van der Waals surface area contributed by atoms with Crippen LogP contribution >= 0.6 is 11.8 Å². The molecule has 1 aliphatic rings. The van der Waals surface area contributed by atoms with Gasteiger partial charge in [0.2, 0.25) is 0 Å². The highest BCUT2D eigenvalue weighted by atomic mass is 32.2. The molecule has 0 fully saturated rings. The SMILES string of the molecule is CSc1ccc2c(C3=C(c4cn(C)c5cc([N+](=O)[O-])ccc45)C(=O)NC3=O)cn(C)c2c1. The fraction of sp³-hybridized carbons (Fsp3) is 0.130. The summed E-state index contributed by atoms with van der Waals surface area (Å²) < 4.78 is 3.67. The van der Waals surface area contributed by atoms with Crippen LogP contribution in [-0.4, -0.2) is 32.1 Å². The van der Waals surface area contributed by atoms with Gasteiger partial charge in [-0.25, -0.2) is 0 Å². The number of aryl methyl sites for hydroxylation is 2. The number of nitro groups is 1. The fourth-order valence-corrected chi connectivity index (χ4v) is 4.78. The van der Waals surface area contributed by atoms with Gasteiger partial charge in [0.1, 0.15) is 0 Å². The first-order valence-electron chi connectivity index (χ1n) is 9.77. The molecule has 2 aromatic heterocycles. The van der Waals surface area contributed by atoms with Crippen molar-refractivity contribution < 1.29 is 14.5 Å². The third-order valence-corrected chi connectivity index (χ3v) is 6.58. The van der Waals surface area contributed by atoms with Crippen molar-refractivity contribution in [3.05, 3.63) is 70.0 Å². The third kappa shape index (κ3) is 2.85. The van der Waals surface area contributed by atoms with E-state index in [-0.39, 0.29) is 11.3 Å². The summed E-state index contributed by atoms with van der Waals surface area (Å²) >= 11 is 1.63. The van der Waals surface area contributed by atoms with Gasteiger partial charge in [0, 0.05) is 70.9 Å². The van der Waals surface area contributed by atoms with Gasteiger partial charge in [-0.2, -0.15) is 0 Å². The van der Waals surface area contributed by atoms with E-state index in [0.29, 0.717) is 27.6 Å². The highest BCUT2D eigenvalue weighted by molar-refractivity contribution is 7.98. The Kier molecular flexibility index (Phi) is 4.45. The molecule has 32 heavy (non-hydrogen) atoms. The van der Waals surface area contributed by atoms with Crippen LogP contribution in [-0.2, 0) is 23.7 Å². The van der Waals surface area contributed by atoms with Gasteiger partial charge in [0.15, 0.2) is 0 Å². The zero-order valence-corrected chi connectivity index (χ0v) is 18.3. The molecule has 0 saturated heterocycles. The molecular weight excluding hydrogens is 428 g/mol. The van der Waals surface area contributed by atoms with Crippen molar-refractivity contribution in [2.24, 2.45) is 14.1 Å². The molecule has 1 aliphatic heterocycles. The lowest BCUT2D eigenvalue weighted by Crippen LogP contribution is -2.22. The van der Waals surface area contributed by atoms with E-state index in [9.17, 15) is 19.7 Å². The topological polar surface area (TPSA) is 99.2 Å². The highest BCUT2D eigenvalue weighted by Crippen LogP contribution is 2.39. The van der Waals surface area contributed by atoms with Crippen molar-refractivity contribution in [2.75, 3.05) is 6.26 Å². The van der Waals surface area contributed by atoms with Gasteiger partial charge in [-0.1, -0.05) is 6.07 Å². The van der Waals surface area contributed by atoms with E-state index in [1.807, 2.05) is 36.2 Å². The molecule has 4 aromatic rings. The van der Waals surface area contributed by atoms with Crippen molar-refractivity contribution in [1.82, 2.24) is 14.5 Å². The number of benzene rings is 2. The average Bonchev–Trinajstić information content (AvgIpc) is 3.37.